The summed E-state index contributed by atoms with van der Waals surface area (Å²) < 4.78 is 31.0. The Morgan fingerprint density at radius 3 is 2.58 bits per heavy atom. The van der Waals surface area contributed by atoms with E-state index in [4.69, 9.17) is 12.2 Å². The van der Waals surface area contributed by atoms with Gasteiger partial charge >= 0.3 is 5.69 Å². The molecule has 174 valence electrons. The van der Waals surface area contributed by atoms with E-state index in [2.05, 4.69) is 20.2 Å². The number of aromatic amines is 1. The monoisotopic (exact) mass is 474 g/mol. The number of nitrogens with zero attached hydrogens (tertiary/aromatic N) is 4. The lowest BCUT2D eigenvalue weighted by molar-refractivity contribution is 0.0957. The molecule has 2 aromatic heterocycles. The number of aromatic nitrogens is 3. The Morgan fingerprint density at radius 1 is 1.21 bits per heavy atom. The van der Waals surface area contributed by atoms with Crippen LogP contribution in [-0.2, 0) is 13.1 Å². The summed E-state index contributed by atoms with van der Waals surface area (Å²) >= 11 is 5.35. The summed E-state index contributed by atoms with van der Waals surface area (Å²) in [5.74, 6) is -1.53. The molecule has 0 aliphatic carbocycles. The first-order chi connectivity index (χ1) is 15.8. The van der Waals surface area contributed by atoms with Gasteiger partial charge < -0.3 is 15.2 Å². The first-order valence-electron chi connectivity index (χ1n) is 10.6. The van der Waals surface area contributed by atoms with Crippen molar-refractivity contribution in [2.45, 2.75) is 20.0 Å². The van der Waals surface area contributed by atoms with Crippen molar-refractivity contribution in [3.63, 3.8) is 0 Å². The quantitative estimate of drug-likeness (QED) is 0.437. The van der Waals surface area contributed by atoms with E-state index in [1.807, 2.05) is 4.90 Å². The van der Waals surface area contributed by atoms with Crippen LogP contribution in [0.4, 0.5) is 14.5 Å². The summed E-state index contributed by atoms with van der Waals surface area (Å²) in [6.45, 7) is 4.78. The van der Waals surface area contributed by atoms with Gasteiger partial charge in [-0.1, -0.05) is 12.2 Å². The molecule has 0 saturated carbocycles. The maximum absolute atomic E-state index is 14.8. The van der Waals surface area contributed by atoms with E-state index in [1.165, 1.54) is 23.7 Å². The van der Waals surface area contributed by atoms with E-state index in [0.29, 0.717) is 66.1 Å². The molecule has 0 radical (unpaired) electrons. The fourth-order valence-electron chi connectivity index (χ4n) is 4.03. The average molecular weight is 475 g/mol. The Bertz CT molecular complexity index is 1330. The molecule has 1 fully saturated rings. The second kappa shape index (κ2) is 9.36. The minimum Gasteiger partial charge on any atom is -0.365 e. The molecule has 1 aliphatic rings. The molecule has 1 aromatic carbocycles. The van der Waals surface area contributed by atoms with Gasteiger partial charge in [0, 0.05) is 57.3 Å². The van der Waals surface area contributed by atoms with Gasteiger partial charge in [0.2, 0.25) is 5.95 Å². The maximum Gasteiger partial charge on any atom is 0.326 e. The van der Waals surface area contributed by atoms with Gasteiger partial charge in [-0.15, -0.1) is 0 Å². The Balaban J connectivity index is 1.48. The lowest BCUT2D eigenvalue weighted by Crippen LogP contribution is -2.46. The van der Waals surface area contributed by atoms with E-state index in [1.54, 1.807) is 19.1 Å². The van der Waals surface area contributed by atoms with Crippen LogP contribution >= 0.6 is 12.2 Å². The minimum absolute atomic E-state index is 0.0221. The van der Waals surface area contributed by atoms with Crippen molar-refractivity contribution in [1.29, 1.82) is 0 Å². The fraction of sp³-hybridized carbons (Fsp3) is 0.364. The molecule has 1 aliphatic heterocycles. The number of pyridine rings is 1. The van der Waals surface area contributed by atoms with Crippen molar-refractivity contribution in [3.8, 4) is 0 Å². The number of benzene rings is 1. The molecule has 3 aromatic rings. The van der Waals surface area contributed by atoms with Crippen LogP contribution in [0.5, 0.6) is 0 Å². The number of hydrogen-bond donors (Lipinski definition) is 2. The van der Waals surface area contributed by atoms with Crippen LogP contribution in [0, 0.1) is 16.4 Å². The first kappa shape index (κ1) is 23.0. The highest BCUT2D eigenvalue weighted by Crippen LogP contribution is 2.23. The van der Waals surface area contributed by atoms with Crippen LogP contribution in [0.15, 0.2) is 29.1 Å². The van der Waals surface area contributed by atoms with Crippen molar-refractivity contribution >= 4 is 34.7 Å². The number of carbonyl (C=O) groups is 1. The topological polar surface area (TPSA) is 86.3 Å². The average Bonchev–Trinajstić information content (AvgIpc) is 2.80. The maximum atomic E-state index is 14.8. The third-order valence-electron chi connectivity index (χ3n) is 5.86. The lowest BCUT2D eigenvalue weighted by Gasteiger charge is -2.36. The van der Waals surface area contributed by atoms with Crippen LogP contribution < -0.4 is 15.9 Å². The lowest BCUT2D eigenvalue weighted by atomic mass is 10.1. The first-order valence-corrected chi connectivity index (χ1v) is 11.0. The number of halogens is 2. The summed E-state index contributed by atoms with van der Waals surface area (Å²) in [6.07, 6.45) is 0. The summed E-state index contributed by atoms with van der Waals surface area (Å²) in [6, 6.07) is 6.05. The van der Waals surface area contributed by atoms with Gasteiger partial charge in [-0.05, 0) is 31.2 Å². The molecule has 11 heteroatoms. The van der Waals surface area contributed by atoms with Gasteiger partial charge in [-0.25, -0.2) is 14.2 Å². The van der Waals surface area contributed by atoms with E-state index in [0.717, 1.165) is 0 Å². The van der Waals surface area contributed by atoms with E-state index < -0.39 is 11.9 Å². The Hall–Kier alpha value is -3.18. The summed E-state index contributed by atoms with van der Waals surface area (Å²) in [4.78, 5) is 34.3. The predicted molar refractivity (Wildman–Crippen MR) is 124 cm³/mol. The molecule has 0 unspecified atom stereocenters. The molecule has 0 bridgehead atoms. The number of piperazine rings is 1. The number of amides is 1. The van der Waals surface area contributed by atoms with Gasteiger partial charge in [0.05, 0.1) is 11.2 Å². The number of fused-ring (bicyclic) bond motifs is 1. The van der Waals surface area contributed by atoms with Crippen molar-refractivity contribution in [2.75, 3.05) is 38.1 Å². The van der Waals surface area contributed by atoms with Crippen LogP contribution in [0.2, 0.25) is 0 Å². The number of nitrogens with one attached hydrogen (secondary N) is 2. The molecule has 0 atom stereocenters. The molecule has 33 heavy (non-hydrogen) atoms. The molecule has 0 spiro atoms. The zero-order valence-electron chi connectivity index (χ0n) is 18.3. The fourth-order valence-corrected chi connectivity index (χ4v) is 4.41. The second-order valence-corrected chi connectivity index (χ2v) is 8.20. The van der Waals surface area contributed by atoms with Crippen LogP contribution in [-0.4, -0.2) is 58.6 Å². The molecule has 3 heterocycles. The minimum atomic E-state index is -0.696. The van der Waals surface area contributed by atoms with E-state index >= 15 is 0 Å². The summed E-state index contributed by atoms with van der Waals surface area (Å²) in [5, 5.41) is 2.92. The number of H-pyrrole nitrogens is 1. The van der Waals surface area contributed by atoms with Crippen molar-refractivity contribution in [3.05, 3.63) is 62.4 Å². The number of carbonyl (C=O) groups excluding carboxylic acids is 1. The third-order valence-corrected chi connectivity index (χ3v) is 6.30. The Morgan fingerprint density at radius 2 is 1.94 bits per heavy atom. The van der Waals surface area contributed by atoms with Crippen LogP contribution in [0.1, 0.15) is 23.0 Å². The van der Waals surface area contributed by atoms with Gasteiger partial charge in [0.25, 0.3) is 5.91 Å². The van der Waals surface area contributed by atoms with Crippen LogP contribution in [0.3, 0.4) is 0 Å². The second-order valence-electron chi connectivity index (χ2n) is 7.82. The molecule has 2 N–H and O–H groups in total. The number of rotatable bonds is 5. The van der Waals surface area contributed by atoms with Gasteiger partial charge in [-0.2, -0.15) is 4.39 Å². The van der Waals surface area contributed by atoms with Crippen molar-refractivity contribution < 1.29 is 13.6 Å². The standard InChI is InChI=1S/C22H24F2N6O2S/c1-3-30-21(33)14-11-15(23)13(10-17(14)27-22(30)32)12-28-6-8-29(9-7-28)18-5-4-16(20(31)25-2)26-19(18)24/h4-5,10-11H,3,6-9,12H2,1-2H3,(H,25,31)(H,27,32). The largest absolute Gasteiger partial charge is 0.365 e. The smallest absolute Gasteiger partial charge is 0.326 e. The highest BCUT2D eigenvalue weighted by molar-refractivity contribution is 7.71. The van der Waals surface area contributed by atoms with Gasteiger partial charge in [-0.3, -0.25) is 14.3 Å². The van der Waals surface area contributed by atoms with Crippen molar-refractivity contribution in [2.24, 2.45) is 0 Å². The Labute approximate surface area is 193 Å². The Kier molecular flexibility index (Phi) is 6.52. The normalized spacial score (nSPS) is 14.6. The van der Waals surface area contributed by atoms with Crippen LogP contribution in [0.25, 0.3) is 10.9 Å². The molecule has 4 rings (SSSR count). The highest BCUT2D eigenvalue weighted by atomic mass is 32.1. The SMILES string of the molecule is CCn1c(=O)[nH]c2cc(CN3CCN(c4ccc(C(=O)NC)nc4F)CC3)c(F)cc2c1=S. The zero-order chi connectivity index (χ0) is 23.7. The summed E-state index contributed by atoms with van der Waals surface area (Å²) in [5.41, 5.74) is 0.999. The van der Waals surface area contributed by atoms with Crippen molar-refractivity contribution in [1.82, 2.24) is 24.8 Å². The molecule has 1 amide bonds. The van der Waals surface area contributed by atoms with Gasteiger partial charge in [0.15, 0.2) is 0 Å². The zero-order valence-corrected chi connectivity index (χ0v) is 19.1. The molecular formula is C22H24F2N6O2S. The number of anilines is 1. The van der Waals surface area contributed by atoms with Gasteiger partial charge in [0.1, 0.15) is 16.2 Å². The van der Waals surface area contributed by atoms with E-state index in [9.17, 15) is 18.4 Å². The molecular weight excluding hydrogens is 450 g/mol. The van der Waals surface area contributed by atoms with E-state index in [-0.39, 0.29) is 17.2 Å². The highest BCUT2D eigenvalue weighted by Gasteiger charge is 2.22. The number of hydrogen-bond acceptors (Lipinski definition) is 6. The predicted octanol–water partition coefficient (Wildman–Crippen LogP) is 2.43. The molecule has 1 saturated heterocycles. The summed E-state index contributed by atoms with van der Waals surface area (Å²) in [7, 11) is 1.46. The third kappa shape index (κ3) is 4.51. The molecule has 8 nitrogen and oxygen atoms in total.